The quantitative estimate of drug-likeness (QED) is 0.313. The number of piperidine rings is 1. The number of nitrogens with zero attached hydrogens (tertiary/aromatic N) is 1. The van der Waals surface area contributed by atoms with Gasteiger partial charge in [0.1, 0.15) is 12.1 Å². The molecule has 5 amide bonds. The molecule has 2 atom stereocenters. The fourth-order valence-electron chi connectivity index (χ4n) is 5.48. The number of methoxy groups -OCH3 is 1. The number of carbonyl (C=O) groups is 5. The molecule has 13 nitrogen and oxygen atoms in total. The number of hydrogen-bond acceptors (Lipinski definition) is 8. The van der Waals surface area contributed by atoms with E-state index in [1.807, 2.05) is 0 Å². The number of nitrogens with one attached hydrogen (secondary N) is 4. The summed E-state index contributed by atoms with van der Waals surface area (Å²) in [4.78, 5) is 65.0. The van der Waals surface area contributed by atoms with Crippen molar-refractivity contribution in [2.24, 2.45) is 0 Å². The maximum Gasteiger partial charge on any atom is 0.412 e. The molecule has 0 bridgehead atoms. The summed E-state index contributed by atoms with van der Waals surface area (Å²) in [5.41, 5.74) is 0.790. The molecule has 2 aromatic carbocycles. The predicted octanol–water partition coefficient (Wildman–Crippen LogP) is 4.37. The van der Waals surface area contributed by atoms with E-state index in [0.717, 1.165) is 19.3 Å². The van der Waals surface area contributed by atoms with Crippen LogP contribution in [-0.2, 0) is 24.6 Å². The molecule has 2 fully saturated rings. The smallest absolute Gasteiger partial charge is 0.412 e. The van der Waals surface area contributed by atoms with Gasteiger partial charge in [-0.3, -0.25) is 20.2 Å². The van der Waals surface area contributed by atoms with Crippen LogP contribution in [-0.4, -0.2) is 73.9 Å². The van der Waals surface area contributed by atoms with Gasteiger partial charge >= 0.3 is 18.3 Å². The number of ether oxygens (including phenoxy) is 3. The van der Waals surface area contributed by atoms with Gasteiger partial charge < -0.3 is 29.7 Å². The number of alkyl carbamates (subject to hydrolysis) is 1. The molecule has 14 heteroatoms. The van der Waals surface area contributed by atoms with E-state index in [0.29, 0.717) is 41.3 Å². The molecule has 0 aromatic heterocycles. The van der Waals surface area contributed by atoms with Crippen LogP contribution in [0, 0.1) is 0 Å². The second-order valence-electron chi connectivity index (χ2n) is 11.0. The van der Waals surface area contributed by atoms with Gasteiger partial charge in [-0.25, -0.2) is 14.4 Å². The van der Waals surface area contributed by atoms with Gasteiger partial charge in [-0.2, -0.15) is 0 Å². The van der Waals surface area contributed by atoms with E-state index in [4.69, 9.17) is 21.1 Å². The Labute approximate surface area is 258 Å². The third kappa shape index (κ3) is 7.16. The van der Waals surface area contributed by atoms with E-state index >= 15 is 0 Å². The van der Waals surface area contributed by atoms with E-state index in [9.17, 15) is 24.0 Å². The summed E-state index contributed by atoms with van der Waals surface area (Å²) in [6, 6.07) is 10.1. The van der Waals surface area contributed by atoms with Gasteiger partial charge in [-0.05, 0) is 81.0 Å². The molecular weight excluding hydrogens is 594 g/mol. The lowest BCUT2D eigenvalue weighted by Crippen LogP contribution is -2.57. The fourth-order valence-corrected chi connectivity index (χ4v) is 5.65. The zero-order valence-electron chi connectivity index (χ0n) is 24.2. The highest BCUT2D eigenvalue weighted by molar-refractivity contribution is 6.30. The summed E-state index contributed by atoms with van der Waals surface area (Å²) >= 11 is 6.28. The summed E-state index contributed by atoms with van der Waals surface area (Å²) < 4.78 is 15.7. The SMILES string of the molecule is COC(=O)Nc1ccc(C(=O)N[C@@H](CCNC(=O)OC2CCC2)C(=O)N2CCC[C@@]3(C2)OC(=O)Nc2ccc(Cl)cc23)cc1. The maximum absolute atomic E-state index is 14.0. The van der Waals surface area contributed by atoms with Crippen molar-refractivity contribution < 1.29 is 38.2 Å². The average molecular weight is 628 g/mol. The van der Waals surface area contributed by atoms with Crippen molar-refractivity contribution in [2.45, 2.75) is 56.3 Å². The van der Waals surface area contributed by atoms with Crippen molar-refractivity contribution in [1.82, 2.24) is 15.5 Å². The second kappa shape index (κ2) is 13.4. The van der Waals surface area contributed by atoms with Crippen LogP contribution in [0.3, 0.4) is 0 Å². The Morgan fingerprint density at radius 3 is 2.59 bits per heavy atom. The third-order valence-corrected chi connectivity index (χ3v) is 8.21. The fraction of sp³-hybridized carbons (Fsp3) is 0.433. The maximum atomic E-state index is 14.0. The van der Waals surface area contributed by atoms with Crippen LogP contribution in [0.2, 0.25) is 5.02 Å². The minimum Gasteiger partial charge on any atom is -0.453 e. The Bertz CT molecular complexity index is 1430. The molecule has 0 unspecified atom stereocenters. The van der Waals surface area contributed by atoms with Crippen molar-refractivity contribution in [3.05, 3.63) is 58.6 Å². The second-order valence-corrected chi connectivity index (χ2v) is 11.4. The van der Waals surface area contributed by atoms with E-state index in [-0.39, 0.29) is 31.2 Å². The van der Waals surface area contributed by atoms with E-state index < -0.39 is 41.7 Å². The first-order chi connectivity index (χ1) is 21.2. The van der Waals surface area contributed by atoms with Gasteiger partial charge in [-0.1, -0.05) is 11.6 Å². The molecule has 5 rings (SSSR count). The molecule has 1 aliphatic carbocycles. The molecular formula is C30H34ClN5O8. The third-order valence-electron chi connectivity index (χ3n) is 7.97. The molecule has 2 aromatic rings. The first kappa shape index (κ1) is 30.9. The lowest BCUT2D eigenvalue weighted by Gasteiger charge is -2.45. The van der Waals surface area contributed by atoms with Gasteiger partial charge in [-0.15, -0.1) is 0 Å². The van der Waals surface area contributed by atoms with Crippen LogP contribution >= 0.6 is 11.6 Å². The van der Waals surface area contributed by atoms with Crippen LogP contribution in [0.4, 0.5) is 25.8 Å². The number of likely N-dealkylation sites (tertiary alicyclic amines) is 1. The lowest BCUT2D eigenvalue weighted by atomic mass is 9.83. The minimum atomic E-state index is -1.11. The zero-order chi connectivity index (χ0) is 31.3. The van der Waals surface area contributed by atoms with Crippen LogP contribution in [0.25, 0.3) is 0 Å². The van der Waals surface area contributed by atoms with Crippen LogP contribution in [0.1, 0.15) is 54.4 Å². The molecule has 1 saturated heterocycles. The first-order valence-corrected chi connectivity index (χ1v) is 14.8. The average Bonchev–Trinajstić information content (AvgIpc) is 2.99. The van der Waals surface area contributed by atoms with E-state index in [2.05, 4.69) is 26.0 Å². The standard InChI is InChI=1S/C30H34ClN5O8/c1-42-28(40)33-20-9-6-18(7-10-20)25(37)34-24(12-14-32-27(39)43-21-4-2-5-21)26(38)36-15-3-13-30(17-36)22-16-19(31)8-11-23(22)35-29(41)44-30/h6-11,16,21,24H,2-5,12-15,17H2,1H3,(H,32,39)(H,33,40)(H,34,37)(H,35,41)/t24-,30-/m0/s1. The summed E-state index contributed by atoms with van der Waals surface area (Å²) in [5.74, 6) is -0.920. The summed E-state index contributed by atoms with van der Waals surface area (Å²) in [7, 11) is 1.24. The zero-order valence-corrected chi connectivity index (χ0v) is 24.9. The molecule has 1 spiro atoms. The normalized spacial score (nSPS) is 19.8. The van der Waals surface area contributed by atoms with Crippen molar-refractivity contribution >= 4 is 53.1 Å². The van der Waals surface area contributed by atoms with Crippen LogP contribution in [0.15, 0.2) is 42.5 Å². The van der Waals surface area contributed by atoms with E-state index in [1.165, 1.54) is 31.4 Å². The van der Waals surface area contributed by atoms with Gasteiger partial charge in [0.05, 0.1) is 19.3 Å². The number of rotatable bonds is 8. The molecule has 2 aliphatic heterocycles. The Kier molecular flexibility index (Phi) is 9.43. The summed E-state index contributed by atoms with van der Waals surface area (Å²) in [6.07, 6.45) is 1.80. The molecule has 44 heavy (non-hydrogen) atoms. The number of carbonyl (C=O) groups excluding carboxylic acids is 5. The molecule has 2 heterocycles. The highest BCUT2D eigenvalue weighted by Gasteiger charge is 2.47. The highest BCUT2D eigenvalue weighted by atomic mass is 35.5. The van der Waals surface area contributed by atoms with Crippen molar-refractivity contribution in [2.75, 3.05) is 37.4 Å². The van der Waals surface area contributed by atoms with Crippen LogP contribution < -0.4 is 21.3 Å². The molecule has 4 N–H and O–H groups in total. The van der Waals surface area contributed by atoms with Crippen LogP contribution in [0.5, 0.6) is 0 Å². The lowest BCUT2D eigenvalue weighted by molar-refractivity contribution is -0.141. The summed E-state index contributed by atoms with van der Waals surface area (Å²) in [5, 5.41) is 11.1. The minimum absolute atomic E-state index is 0.0595. The Morgan fingerprint density at radius 1 is 1.11 bits per heavy atom. The number of halogens is 1. The van der Waals surface area contributed by atoms with Crippen molar-refractivity contribution in [3.63, 3.8) is 0 Å². The number of fused-ring (bicyclic) bond motifs is 2. The first-order valence-electron chi connectivity index (χ1n) is 14.4. The topological polar surface area (TPSA) is 164 Å². The number of amides is 5. The predicted molar refractivity (Wildman–Crippen MR) is 160 cm³/mol. The number of hydrogen-bond donors (Lipinski definition) is 4. The van der Waals surface area contributed by atoms with E-state index in [1.54, 1.807) is 23.1 Å². The molecule has 234 valence electrons. The Hall–Kier alpha value is -4.52. The van der Waals surface area contributed by atoms with Gasteiger partial charge in [0.2, 0.25) is 5.91 Å². The van der Waals surface area contributed by atoms with Gasteiger partial charge in [0, 0.05) is 34.9 Å². The molecule has 0 radical (unpaired) electrons. The largest absolute Gasteiger partial charge is 0.453 e. The monoisotopic (exact) mass is 627 g/mol. The molecule has 3 aliphatic rings. The molecule has 1 saturated carbocycles. The number of benzene rings is 2. The van der Waals surface area contributed by atoms with Gasteiger partial charge in [0.15, 0.2) is 5.60 Å². The summed E-state index contributed by atoms with van der Waals surface area (Å²) in [6.45, 7) is 0.503. The van der Waals surface area contributed by atoms with Crippen molar-refractivity contribution in [1.29, 1.82) is 0 Å². The Balaban J connectivity index is 1.31. The number of anilines is 2. The Morgan fingerprint density at radius 2 is 1.89 bits per heavy atom. The highest BCUT2D eigenvalue weighted by Crippen LogP contribution is 2.43. The van der Waals surface area contributed by atoms with Crippen molar-refractivity contribution in [3.8, 4) is 0 Å². The van der Waals surface area contributed by atoms with Gasteiger partial charge in [0.25, 0.3) is 5.91 Å².